The lowest BCUT2D eigenvalue weighted by Crippen LogP contribution is -2.47. The number of aromatic amines is 1. The molecular weight excluding hydrogens is 308 g/mol. The van der Waals surface area contributed by atoms with Crippen molar-refractivity contribution in [1.82, 2.24) is 20.0 Å². The Labute approximate surface area is 138 Å². The molecule has 3 heterocycles. The van der Waals surface area contributed by atoms with E-state index in [1.807, 2.05) is 37.3 Å². The molecule has 1 N–H and O–H groups in total. The molecule has 0 radical (unpaired) electrons. The molecule has 0 bridgehead atoms. The third-order valence-electron chi connectivity index (χ3n) is 4.31. The summed E-state index contributed by atoms with van der Waals surface area (Å²) in [4.78, 5) is 22.3. The van der Waals surface area contributed by atoms with E-state index in [4.69, 9.17) is 9.26 Å². The Bertz CT molecular complexity index is 852. The number of carbonyl (C=O) groups excluding carboxylic acids is 1. The molecular formula is C17H18N4O3. The summed E-state index contributed by atoms with van der Waals surface area (Å²) < 4.78 is 11.0. The Morgan fingerprint density at radius 1 is 1.38 bits per heavy atom. The molecule has 0 unspecified atom stereocenters. The van der Waals surface area contributed by atoms with Crippen molar-refractivity contribution in [3.63, 3.8) is 0 Å². The van der Waals surface area contributed by atoms with Gasteiger partial charge in [0.05, 0.1) is 12.7 Å². The fourth-order valence-corrected chi connectivity index (χ4v) is 3.16. The van der Waals surface area contributed by atoms with Crippen LogP contribution in [0.15, 0.2) is 34.9 Å². The SMILES string of the molecule is Cc1noc([C@@H]2[C@@H](C)OCCN2C(=O)c2cc3ccccc3[nH]2)n1. The van der Waals surface area contributed by atoms with Crippen molar-refractivity contribution in [1.29, 1.82) is 0 Å². The van der Waals surface area contributed by atoms with Gasteiger partial charge in [0, 0.05) is 17.4 Å². The molecule has 1 saturated heterocycles. The molecule has 1 amide bonds. The van der Waals surface area contributed by atoms with Crippen LogP contribution in [-0.4, -0.2) is 45.2 Å². The van der Waals surface area contributed by atoms with E-state index in [1.165, 1.54) is 0 Å². The number of nitrogens with one attached hydrogen (secondary N) is 1. The van der Waals surface area contributed by atoms with Gasteiger partial charge in [-0.3, -0.25) is 4.79 Å². The van der Waals surface area contributed by atoms with Gasteiger partial charge in [-0.2, -0.15) is 4.98 Å². The van der Waals surface area contributed by atoms with Gasteiger partial charge in [0.2, 0.25) is 0 Å². The summed E-state index contributed by atoms with van der Waals surface area (Å²) in [6, 6.07) is 9.29. The van der Waals surface area contributed by atoms with E-state index in [2.05, 4.69) is 15.1 Å². The summed E-state index contributed by atoms with van der Waals surface area (Å²) in [6.07, 6.45) is -0.216. The molecule has 0 spiro atoms. The second kappa shape index (κ2) is 5.76. The number of benzene rings is 1. The van der Waals surface area contributed by atoms with Gasteiger partial charge < -0.3 is 19.1 Å². The van der Waals surface area contributed by atoms with Crippen LogP contribution in [0.25, 0.3) is 10.9 Å². The first kappa shape index (κ1) is 14.9. The topological polar surface area (TPSA) is 84.3 Å². The molecule has 2 aromatic heterocycles. The number of hydrogen-bond acceptors (Lipinski definition) is 5. The maximum absolute atomic E-state index is 13.1. The number of para-hydroxylation sites is 1. The highest BCUT2D eigenvalue weighted by molar-refractivity contribution is 5.98. The molecule has 1 aliphatic rings. The van der Waals surface area contributed by atoms with Gasteiger partial charge >= 0.3 is 0 Å². The number of amides is 1. The Balaban J connectivity index is 1.70. The molecule has 7 nitrogen and oxygen atoms in total. The second-order valence-electron chi connectivity index (χ2n) is 5.97. The first-order chi connectivity index (χ1) is 11.6. The van der Waals surface area contributed by atoms with E-state index in [9.17, 15) is 4.79 Å². The smallest absolute Gasteiger partial charge is 0.271 e. The number of hydrogen-bond donors (Lipinski definition) is 1. The highest BCUT2D eigenvalue weighted by atomic mass is 16.5. The van der Waals surface area contributed by atoms with Crippen molar-refractivity contribution in [3.05, 3.63) is 47.7 Å². The van der Waals surface area contributed by atoms with Crippen LogP contribution in [0.4, 0.5) is 0 Å². The number of aromatic nitrogens is 3. The lowest BCUT2D eigenvalue weighted by atomic mass is 10.1. The zero-order chi connectivity index (χ0) is 16.7. The Morgan fingerprint density at radius 2 is 2.21 bits per heavy atom. The standard InChI is InChI=1S/C17H18N4O3/c1-10-15(16-18-11(2)20-24-16)21(7-8-23-10)17(22)14-9-12-5-3-4-6-13(12)19-14/h3-6,9-10,15,19H,7-8H2,1-2H3/t10-,15+/m1/s1. The van der Waals surface area contributed by atoms with E-state index in [1.54, 1.807) is 11.8 Å². The van der Waals surface area contributed by atoms with Crippen LogP contribution in [0.5, 0.6) is 0 Å². The highest BCUT2D eigenvalue weighted by Crippen LogP contribution is 2.30. The maximum atomic E-state index is 13.1. The molecule has 7 heteroatoms. The van der Waals surface area contributed by atoms with Crippen molar-refractivity contribution >= 4 is 16.8 Å². The normalized spacial score (nSPS) is 21.3. The van der Waals surface area contributed by atoms with Gasteiger partial charge in [0.25, 0.3) is 11.8 Å². The fraction of sp³-hybridized carbons (Fsp3) is 0.353. The lowest BCUT2D eigenvalue weighted by Gasteiger charge is -2.37. The molecule has 124 valence electrons. The number of ether oxygens (including phenoxy) is 1. The Morgan fingerprint density at radius 3 is 2.96 bits per heavy atom. The minimum Gasteiger partial charge on any atom is -0.374 e. The van der Waals surface area contributed by atoms with Crippen molar-refractivity contribution in [3.8, 4) is 0 Å². The summed E-state index contributed by atoms with van der Waals surface area (Å²) in [6.45, 7) is 4.63. The van der Waals surface area contributed by atoms with Gasteiger partial charge in [-0.05, 0) is 26.0 Å². The molecule has 0 saturated carbocycles. The van der Waals surface area contributed by atoms with Crippen LogP contribution in [0.2, 0.25) is 0 Å². The van der Waals surface area contributed by atoms with Crippen LogP contribution in [0, 0.1) is 6.92 Å². The number of morpholine rings is 1. The van der Waals surface area contributed by atoms with Crippen LogP contribution in [0.3, 0.4) is 0 Å². The number of carbonyl (C=O) groups is 1. The van der Waals surface area contributed by atoms with Gasteiger partial charge in [0.1, 0.15) is 11.7 Å². The third-order valence-corrected chi connectivity index (χ3v) is 4.31. The average molecular weight is 326 g/mol. The number of aryl methyl sites for hydroxylation is 1. The van der Waals surface area contributed by atoms with Crippen molar-refractivity contribution in [2.24, 2.45) is 0 Å². The number of H-pyrrole nitrogens is 1. The monoisotopic (exact) mass is 326 g/mol. The predicted molar refractivity (Wildman–Crippen MR) is 86.5 cm³/mol. The van der Waals surface area contributed by atoms with Crippen molar-refractivity contribution in [2.45, 2.75) is 26.0 Å². The minimum atomic E-state index is -0.390. The first-order valence-electron chi connectivity index (χ1n) is 7.94. The molecule has 1 aromatic carbocycles. The predicted octanol–water partition coefficient (Wildman–Crippen LogP) is 2.46. The van der Waals surface area contributed by atoms with Crippen LogP contribution in [0.1, 0.15) is 35.2 Å². The maximum Gasteiger partial charge on any atom is 0.271 e. The van der Waals surface area contributed by atoms with E-state index in [0.29, 0.717) is 30.6 Å². The van der Waals surface area contributed by atoms with Crippen molar-refractivity contribution < 1.29 is 14.1 Å². The van der Waals surface area contributed by atoms with Gasteiger partial charge in [0.15, 0.2) is 5.82 Å². The Kier molecular flexibility index (Phi) is 3.57. The quantitative estimate of drug-likeness (QED) is 0.782. The van der Waals surface area contributed by atoms with E-state index in [-0.39, 0.29) is 18.1 Å². The zero-order valence-electron chi connectivity index (χ0n) is 13.5. The van der Waals surface area contributed by atoms with Crippen LogP contribution >= 0.6 is 0 Å². The highest BCUT2D eigenvalue weighted by Gasteiger charge is 2.38. The molecule has 0 aliphatic carbocycles. The lowest BCUT2D eigenvalue weighted by molar-refractivity contribution is -0.0601. The molecule has 4 rings (SSSR count). The summed E-state index contributed by atoms with van der Waals surface area (Å²) >= 11 is 0. The summed E-state index contributed by atoms with van der Waals surface area (Å²) in [5.41, 5.74) is 1.49. The first-order valence-corrected chi connectivity index (χ1v) is 7.94. The van der Waals surface area contributed by atoms with Crippen LogP contribution < -0.4 is 0 Å². The van der Waals surface area contributed by atoms with E-state index in [0.717, 1.165) is 10.9 Å². The molecule has 24 heavy (non-hydrogen) atoms. The van der Waals surface area contributed by atoms with Gasteiger partial charge in [-0.25, -0.2) is 0 Å². The summed E-state index contributed by atoms with van der Waals surface area (Å²) in [5, 5.41) is 4.85. The van der Waals surface area contributed by atoms with E-state index < -0.39 is 0 Å². The number of nitrogens with zero attached hydrogens (tertiary/aromatic N) is 3. The zero-order valence-corrected chi connectivity index (χ0v) is 13.5. The largest absolute Gasteiger partial charge is 0.374 e. The molecule has 1 fully saturated rings. The van der Waals surface area contributed by atoms with Crippen LogP contribution in [-0.2, 0) is 4.74 Å². The third kappa shape index (κ3) is 2.46. The van der Waals surface area contributed by atoms with Crippen molar-refractivity contribution in [2.75, 3.05) is 13.2 Å². The summed E-state index contributed by atoms with van der Waals surface area (Å²) in [5.74, 6) is 0.854. The minimum absolute atomic E-state index is 0.0952. The van der Waals surface area contributed by atoms with Gasteiger partial charge in [-0.1, -0.05) is 23.4 Å². The van der Waals surface area contributed by atoms with Gasteiger partial charge in [-0.15, -0.1) is 0 Å². The molecule has 2 atom stereocenters. The summed E-state index contributed by atoms with van der Waals surface area (Å²) in [7, 11) is 0. The fourth-order valence-electron chi connectivity index (χ4n) is 3.16. The number of rotatable bonds is 2. The number of fused-ring (bicyclic) bond motifs is 1. The molecule has 1 aliphatic heterocycles. The molecule has 3 aromatic rings. The second-order valence-corrected chi connectivity index (χ2v) is 5.97. The average Bonchev–Trinajstić information content (AvgIpc) is 3.20. The Hall–Kier alpha value is -2.67. The van der Waals surface area contributed by atoms with E-state index >= 15 is 0 Å².